The number of carbonyl (C=O) groups is 8. The van der Waals surface area contributed by atoms with Crippen molar-refractivity contribution in [1.82, 2.24) is 25.3 Å². The molecule has 1 saturated carbocycles. The second-order valence-corrected chi connectivity index (χ2v) is 33.0. The third-order valence-electron chi connectivity index (χ3n) is 20.9. The quantitative estimate of drug-likeness (QED) is 0.0116. The number of aliphatic carboxylic acids is 1. The first kappa shape index (κ1) is 124. The molecule has 0 radical (unpaired) electrons. The van der Waals surface area contributed by atoms with Crippen molar-refractivity contribution in [2.75, 3.05) is 31.6 Å². The third kappa shape index (κ3) is 47.6. The van der Waals surface area contributed by atoms with Gasteiger partial charge in [0.2, 0.25) is 5.24 Å². The van der Waals surface area contributed by atoms with Crippen molar-refractivity contribution in [2.45, 2.75) is 279 Å². The SMILES string of the molecule is C.C.CC(OC(C)(C)C)[C@H](NC(=O)c1ccc[n+](COC(=O)N2CCCC[C@@H]2[C@H](C)c2ccccc2)c1)C(=O)OC(C)(C)C.C[C@H](c1ccccc1)C1CCCCC1.C[C@H](c1ccccc1)[C@H]1CCCCN1C(=O)OCCl.C[C@H](c1ccccc1)[C@H]1CCCCN1C(=O)OC[n+]1cccc(C(=O)N[C@H](C(=O)O)[C@@H](C)O)c1.O=C(Cl)CCl.O=C=O.O=C=O.O=C=O.O=C=O.[Cl-].[I-]. The van der Waals surface area contributed by atoms with Crippen LogP contribution in [0.2, 0.25) is 0 Å². The van der Waals surface area contributed by atoms with Crippen LogP contribution in [-0.2, 0) is 89.9 Å². The molecule has 0 bridgehead atoms. The minimum Gasteiger partial charge on any atom is -1.00 e. The topological polar surface area (TPSA) is 401 Å². The highest BCUT2D eigenvalue weighted by Crippen LogP contribution is 2.37. The number of piperidine rings is 3. The summed E-state index contributed by atoms with van der Waals surface area (Å²) >= 11 is 15.0. The summed E-state index contributed by atoms with van der Waals surface area (Å²) in [6, 6.07) is 45.8. The highest BCUT2D eigenvalue weighted by molar-refractivity contribution is 6.67. The predicted molar refractivity (Wildman–Crippen MR) is 476 cm³/mol. The highest BCUT2D eigenvalue weighted by atomic mass is 127. The summed E-state index contributed by atoms with van der Waals surface area (Å²) in [5.74, 6) is -0.765. The molecule has 130 heavy (non-hydrogen) atoms. The fourth-order valence-corrected chi connectivity index (χ4v) is 15.0. The highest BCUT2D eigenvalue weighted by Gasteiger charge is 2.39. The summed E-state index contributed by atoms with van der Waals surface area (Å²) in [7, 11) is 0. The number of esters is 1. The lowest BCUT2D eigenvalue weighted by Crippen LogP contribution is -3.00. The van der Waals surface area contributed by atoms with Crippen LogP contribution in [0.15, 0.2) is 170 Å². The average Bonchev–Trinajstić information content (AvgIpc) is 0.825. The van der Waals surface area contributed by atoms with Gasteiger partial charge in [0.05, 0.1) is 23.7 Å². The molecule has 2 aromatic heterocycles. The zero-order chi connectivity index (χ0) is 94.3. The number of rotatable bonds is 23. The second kappa shape index (κ2) is 68.9. The van der Waals surface area contributed by atoms with Crippen LogP contribution in [0.1, 0.15) is 254 Å². The molecule has 30 nitrogen and oxygen atoms in total. The fourth-order valence-electron chi connectivity index (χ4n) is 14.9. The number of amides is 5. The minimum atomic E-state index is -1.43. The molecule has 1 unspecified atom stereocenters. The van der Waals surface area contributed by atoms with Gasteiger partial charge in [-0.2, -0.15) is 47.5 Å². The van der Waals surface area contributed by atoms with Gasteiger partial charge in [0.1, 0.15) is 16.7 Å². The van der Waals surface area contributed by atoms with Crippen molar-refractivity contribution in [3.8, 4) is 0 Å². The van der Waals surface area contributed by atoms with Gasteiger partial charge in [-0.25, -0.2) is 24.0 Å². The molecule has 4 N–H and O–H groups in total. The Morgan fingerprint density at radius 3 is 1.04 bits per heavy atom. The monoisotopic (exact) mass is 2000 g/mol. The van der Waals surface area contributed by atoms with Gasteiger partial charge in [-0.1, -0.05) is 195 Å². The number of aliphatic hydroxyl groups is 1. The van der Waals surface area contributed by atoms with Crippen LogP contribution in [0.4, 0.5) is 14.4 Å². The number of likely N-dealkylation sites (tertiary alicyclic amines) is 3. The van der Waals surface area contributed by atoms with Crippen LogP contribution in [0.5, 0.6) is 0 Å². The standard InChI is InChI=1S/C33H47N3O6.C25H31N3O6.C15H20ClNO2.C14H20.C2H2Cl2O.4CO2.2CH4.ClH.HI/c1-23(25-15-10-9-11-16-25)27-18-12-13-20-36(27)31(39)40-22-35-19-14-17-26(21-35)29(37)34-28(24(2)41-32(3,4)5)30(38)42-33(6,7)8;1-17(19-9-4-3-5-10-19)21-12-6-7-14-28(21)25(33)34-16-27-13-8-11-20(15-27)23(30)26-22(18(2)29)24(31)32;1-12(13-7-3-2-4-8-13)14-9-5-6-10-17(14)15(18)19-11-16;1-12(13-8-4-2-5-9-13)14-10-6-3-7-11-14;3-1-2(4)5;4*2-1-3;;;;/h9-11,14-17,19,21,23-24,27-28H,12-13,18,20,22H2,1-8H3;3-5,8-11,13,15,17-18,21-22,29H,6-7,12,14,16H2,1-2H3,(H-,26,30,31,32);2-4,7-8,12,14H,5-6,9-11H2,1H3;2,4-5,8-9,12,14H,3,6-7,10-11H2,1H3;1H2;;;;;2*1H4;2*1H/t23-,24?,27-,28+;17-,18-,21-,22+;12-,14-;12-;;;;;;;;;/m1111........./s1. The number of nitrogens with one attached hydrogen (secondary N) is 2. The summed E-state index contributed by atoms with van der Waals surface area (Å²) < 4.78 is 30.9. The zero-order valence-electron chi connectivity index (χ0n) is 74.5. The van der Waals surface area contributed by atoms with Crippen LogP contribution in [0.3, 0.4) is 0 Å². The Morgan fingerprint density at radius 1 is 0.454 bits per heavy atom. The summed E-state index contributed by atoms with van der Waals surface area (Å²) in [5.41, 5.74) is 4.39. The zero-order valence-corrected chi connectivity index (χ0v) is 79.7. The maximum absolute atomic E-state index is 13.3. The Hall–Kier alpha value is -10.1. The van der Waals surface area contributed by atoms with Gasteiger partial charge in [-0.3, -0.25) is 14.4 Å². The second-order valence-electron chi connectivity index (χ2n) is 32.0. The number of aliphatic hydroxyl groups excluding tert-OH is 1. The van der Waals surface area contributed by atoms with Crippen LogP contribution in [0.25, 0.3) is 0 Å². The molecule has 4 aliphatic rings. The number of pyridine rings is 2. The molecule has 10 rings (SSSR count). The van der Waals surface area contributed by atoms with Crippen LogP contribution in [-0.4, -0.2) is 182 Å². The maximum Gasteiger partial charge on any atom is 0.414 e. The Morgan fingerprint density at radius 2 is 0.754 bits per heavy atom. The van der Waals surface area contributed by atoms with Crippen molar-refractivity contribution < 1.29 is 156 Å². The molecular weight excluding hydrogens is 1880 g/mol. The van der Waals surface area contributed by atoms with Gasteiger partial charge in [0.15, 0.2) is 42.9 Å². The number of alkyl halides is 2. The first-order valence-corrected chi connectivity index (χ1v) is 43.1. The summed E-state index contributed by atoms with van der Waals surface area (Å²) in [6.45, 7) is 24.7. The number of halogens is 5. The van der Waals surface area contributed by atoms with E-state index in [2.05, 4.69) is 105 Å². The number of carboxylic acid groups (broad SMARTS) is 1. The molecule has 1 aliphatic carbocycles. The molecule has 3 saturated heterocycles. The number of carbonyl (C=O) groups excluding carboxylic acids is 15. The molecule has 35 heteroatoms. The van der Waals surface area contributed by atoms with Crippen molar-refractivity contribution in [1.29, 1.82) is 0 Å². The third-order valence-corrected chi connectivity index (χ3v) is 21.6. The number of ether oxygens (including phenoxy) is 5. The van der Waals surface area contributed by atoms with Gasteiger partial charge in [-0.05, 0) is 184 Å². The summed E-state index contributed by atoms with van der Waals surface area (Å²) in [6.07, 6.45) is 20.7. The number of benzene rings is 4. The van der Waals surface area contributed by atoms with Gasteiger partial charge >= 0.3 is 54.8 Å². The lowest BCUT2D eigenvalue weighted by atomic mass is 9.78. The molecular formula is C95H130Cl4IN7O23. The van der Waals surface area contributed by atoms with E-state index in [1.54, 1.807) is 74.0 Å². The summed E-state index contributed by atoms with van der Waals surface area (Å²) in [4.78, 5) is 168. The van der Waals surface area contributed by atoms with Crippen molar-refractivity contribution >= 4 is 107 Å². The van der Waals surface area contributed by atoms with Crippen molar-refractivity contribution in [3.63, 3.8) is 0 Å². The minimum absolute atomic E-state index is 0. The van der Waals surface area contributed by atoms with Gasteiger partial charge in [0.25, 0.3) is 25.3 Å². The van der Waals surface area contributed by atoms with E-state index in [1.807, 2.05) is 85.2 Å². The van der Waals surface area contributed by atoms with E-state index in [9.17, 15) is 43.5 Å². The van der Waals surface area contributed by atoms with E-state index in [0.717, 1.165) is 76.2 Å². The normalized spacial score (nSPS) is 16.5. The first-order valence-electron chi connectivity index (χ1n) is 41.7. The van der Waals surface area contributed by atoms with Crippen molar-refractivity contribution in [3.05, 3.63) is 204 Å². The van der Waals surface area contributed by atoms with Gasteiger partial charge < -0.3 is 95.6 Å². The van der Waals surface area contributed by atoms with E-state index < -0.39 is 70.6 Å². The lowest BCUT2D eigenvalue weighted by Gasteiger charge is -2.38. The number of hydrogen-bond acceptors (Lipinski definition) is 22. The average molecular weight is 2010 g/mol. The first-order chi connectivity index (χ1) is 60.0. The smallest absolute Gasteiger partial charge is 0.414 e. The Kier molecular flexibility index (Phi) is 65.7. The van der Waals surface area contributed by atoms with Crippen LogP contribution in [0, 0.1) is 5.92 Å². The molecule has 4 fully saturated rings. The van der Waals surface area contributed by atoms with E-state index in [1.165, 1.54) is 78.1 Å². The molecule has 5 amide bonds. The predicted octanol–water partition coefficient (Wildman–Crippen LogP) is 9.95. The number of carboxylic acids is 1. The van der Waals surface area contributed by atoms with Crippen LogP contribution >= 0.6 is 34.8 Å². The molecule has 3 aliphatic heterocycles. The molecule has 4 aromatic carbocycles. The molecule has 5 heterocycles. The van der Waals surface area contributed by atoms with Crippen LogP contribution < -0.4 is 56.2 Å². The number of aromatic nitrogens is 2. The van der Waals surface area contributed by atoms with Crippen molar-refractivity contribution in [2.24, 2.45) is 5.92 Å². The van der Waals surface area contributed by atoms with Gasteiger partial charge in [0, 0.05) is 67.6 Å². The maximum atomic E-state index is 13.3. The molecule has 0 spiro atoms. The van der Waals surface area contributed by atoms with E-state index in [4.69, 9.17) is 102 Å². The molecule has 11 atom stereocenters. The Balaban J connectivity index is -0.00000162. The Bertz CT molecular complexity index is 4330. The number of hydrogen-bond donors (Lipinski definition) is 4. The largest absolute Gasteiger partial charge is 1.00 e. The lowest BCUT2D eigenvalue weighted by molar-refractivity contribution is -0.727. The molecule has 6 aromatic rings. The van der Waals surface area contributed by atoms with Gasteiger partial charge in [-0.15, -0.1) is 11.6 Å². The number of nitrogens with zero attached hydrogens (tertiary/aromatic N) is 5. The fraction of sp³-hybridized carbons (Fsp3) is 0.516. The van der Waals surface area contributed by atoms with E-state index >= 15 is 0 Å². The summed E-state index contributed by atoms with van der Waals surface area (Å²) in [5, 5.41) is 23.3. The van der Waals surface area contributed by atoms with E-state index in [-0.39, 0.29) is 149 Å². The van der Waals surface area contributed by atoms with E-state index in [0.29, 0.717) is 24.6 Å². The Labute approximate surface area is 802 Å². The molecule has 718 valence electrons.